The molecule has 0 saturated heterocycles. The first-order valence-corrected chi connectivity index (χ1v) is 6.18. The minimum Gasteiger partial charge on any atom is -0.326 e. The Kier molecular flexibility index (Phi) is 3.72. The van der Waals surface area contributed by atoms with Crippen LogP contribution in [0.5, 0.6) is 0 Å². The van der Waals surface area contributed by atoms with Crippen LogP contribution in [0.25, 0.3) is 0 Å². The van der Waals surface area contributed by atoms with Crippen molar-refractivity contribution >= 4 is 0 Å². The van der Waals surface area contributed by atoms with Crippen LogP contribution in [-0.4, -0.2) is 9.97 Å². The third kappa shape index (κ3) is 2.74. The SMILES string of the molecule is Cc1ccc(Cc2nc(C)c(CN)c(C)n2)cc1. The minimum absolute atomic E-state index is 0.502. The van der Waals surface area contributed by atoms with Crippen LogP contribution in [0.4, 0.5) is 0 Å². The first kappa shape index (κ1) is 12.7. The molecule has 3 heteroatoms. The van der Waals surface area contributed by atoms with E-state index >= 15 is 0 Å². The van der Waals surface area contributed by atoms with Crippen LogP contribution in [0.3, 0.4) is 0 Å². The van der Waals surface area contributed by atoms with Gasteiger partial charge in [0.15, 0.2) is 0 Å². The predicted molar refractivity (Wildman–Crippen MR) is 73.4 cm³/mol. The molecule has 0 fully saturated rings. The fourth-order valence-electron chi connectivity index (χ4n) is 2.07. The fourth-order valence-corrected chi connectivity index (χ4v) is 2.07. The molecule has 0 radical (unpaired) electrons. The van der Waals surface area contributed by atoms with Gasteiger partial charge in [0, 0.05) is 29.9 Å². The average Bonchev–Trinajstić information content (AvgIpc) is 2.32. The summed E-state index contributed by atoms with van der Waals surface area (Å²) >= 11 is 0. The third-order valence-electron chi connectivity index (χ3n) is 3.15. The van der Waals surface area contributed by atoms with E-state index in [0.29, 0.717) is 6.54 Å². The number of hydrogen-bond acceptors (Lipinski definition) is 3. The second-order valence-electron chi connectivity index (χ2n) is 4.66. The summed E-state index contributed by atoms with van der Waals surface area (Å²) in [5.41, 5.74) is 11.2. The van der Waals surface area contributed by atoms with Crippen molar-refractivity contribution in [2.75, 3.05) is 0 Å². The summed E-state index contributed by atoms with van der Waals surface area (Å²) in [6, 6.07) is 8.48. The number of nitrogens with zero attached hydrogens (tertiary/aromatic N) is 2. The maximum Gasteiger partial charge on any atom is 0.133 e. The van der Waals surface area contributed by atoms with Gasteiger partial charge in [0.25, 0.3) is 0 Å². The van der Waals surface area contributed by atoms with E-state index in [9.17, 15) is 0 Å². The molecule has 94 valence electrons. The van der Waals surface area contributed by atoms with E-state index in [-0.39, 0.29) is 0 Å². The van der Waals surface area contributed by atoms with Gasteiger partial charge in [-0.15, -0.1) is 0 Å². The first-order chi connectivity index (χ1) is 8.60. The molecule has 0 spiro atoms. The molecule has 0 unspecified atom stereocenters. The second-order valence-corrected chi connectivity index (χ2v) is 4.66. The van der Waals surface area contributed by atoms with Gasteiger partial charge in [0.1, 0.15) is 5.82 Å². The molecule has 0 aliphatic carbocycles. The molecule has 0 aliphatic heterocycles. The van der Waals surface area contributed by atoms with Crippen LogP contribution in [-0.2, 0) is 13.0 Å². The van der Waals surface area contributed by atoms with Crippen LogP contribution < -0.4 is 5.73 Å². The number of aryl methyl sites for hydroxylation is 3. The summed E-state index contributed by atoms with van der Waals surface area (Å²) in [6.07, 6.45) is 0.771. The molecular formula is C15H19N3. The van der Waals surface area contributed by atoms with Gasteiger partial charge in [0.05, 0.1) is 0 Å². The highest BCUT2D eigenvalue weighted by Gasteiger charge is 2.07. The molecule has 0 saturated carbocycles. The van der Waals surface area contributed by atoms with Gasteiger partial charge < -0.3 is 5.73 Å². The van der Waals surface area contributed by atoms with Crippen LogP contribution in [0, 0.1) is 20.8 Å². The smallest absolute Gasteiger partial charge is 0.133 e. The van der Waals surface area contributed by atoms with Crippen molar-refractivity contribution in [3.63, 3.8) is 0 Å². The highest BCUT2D eigenvalue weighted by Crippen LogP contribution is 2.12. The Hall–Kier alpha value is -1.74. The first-order valence-electron chi connectivity index (χ1n) is 6.18. The maximum absolute atomic E-state index is 5.69. The highest BCUT2D eigenvalue weighted by molar-refractivity contribution is 5.27. The molecule has 2 N–H and O–H groups in total. The van der Waals surface area contributed by atoms with Gasteiger partial charge in [0.2, 0.25) is 0 Å². The topological polar surface area (TPSA) is 51.8 Å². The molecule has 1 heterocycles. The average molecular weight is 241 g/mol. The monoisotopic (exact) mass is 241 g/mol. The Morgan fingerprint density at radius 3 is 2.00 bits per heavy atom. The van der Waals surface area contributed by atoms with Crippen molar-refractivity contribution < 1.29 is 0 Å². The molecular weight excluding hydrogens is 222 g/mol. The van der Waals surface area contributed by atoms with E-state index < -0.39 is 0 Å². The quantitative estimate of drug-likeness (QED) is 0.898. The van der Waals surface area contributed by atoms with E-state index in [1.165, 1.54) is 11.1 Å². The number of aromatic nitrogens is 2. The summed E-state index contributed by atoms with van der Waals surface area (Å²) in [4.78, 5) is 9.06. The van der Waals surface area contributed by atoms with Gasteiger partial charge >= 0.3 is 0 Å². The van der Waals surface area contributed by atoms with Gasteiger partial charge in [-0.3, -0.25) is 0 Å². The Balaban J connectivity index is 2.27. The number of nitrogens with two attached hydrogens (primary N) is 1. The summed E-state index contributed by atoms with van der Waals surface area (Å²) in [5.74, 6) is 0.867. The summed E-state index contributed by atoms with van der Waals surface area (Å²) < 4.78 is 0. The molecule has 2 rings (SSSR count). The standard InChI is InChI=1S/C15H19N3/c1-10-4-6-13(7-5-10)8-15-17-11(2)14(9-16)12(3)18-15/h4-7H,8-9,16H2,1-3H3. The molecule has 0 atom stereocenters. The lowest BCUT2D eigenvalue weighted by molar-refractivity contribution is 0.867. The second kappa shape index (κ2) is 5.27. The normalized spacial score (nSPS) is 10.7. The molecule has 3 nitrogen and oxygen atoms in total. The van der Waals surface area contributed by atoms with Crippen LogP contribution in [0.15, 0.2) is 24.3 Å². The summed E-state index contributed by atoms with van der Waals surface area (Å²) in [7, 11) is 0. The number of benzene rings is 1. The van der Waals surface area contributed by atoms with Gasteiger partial charge in [-0.05, 0) is 26.3 Å². The zero-order chi connectivity index (χ0) is 13.1. The Labute approximate surface area is 108 Å². The Morgan fingerprint density at radius 1 is 0.944 bits per heavy atom. The maximum atomic E-state index is 5.69. The largest absolute Gasteiger partial charge is 0.326 e. The lowest BCUT2D eigenvalue weighted by Crippen LogP contribution is -2.09. The van der Waals surface area contributed by atoms with E-state index in [0.717, 1.165) is 29.2 Å². The summed E-state index contributed by atoms with van der Waals surface area (Å²) in [5, 5.41) is 0. The Morgan fingerprint density at radius 2 is 1.50 bits per heavy atom. The molecule has 1 aromatic heterocycles. The predicted octanol–water partition coefficient (Wildman–Crippen LogP) is 2.45. The lowest BCUT2D eigenvalue weighted by atomic mass is 10.1. The van der Waals surface area contributed by atoms with E-state index in [4.69, 9.17) is 5.73 Å². The Bertz CT molecular complexity index is 521. The van der Waals surface area contributed by atoms with Crippen molar-refractivity contribution in [3.05, 3.63) is 58.2 Å². The molecule has 0 amide bonds. The molecule has 1 aromatic carbocycles. The van der Waals surface area contributed by atoms with Gasteiger partial charge in [-0.1, -0.05) is 29.8 Å². The molecule has 0 aliphatic rings. The van der Waals surface area contributed by atoms with Crippen LogP contribution >= 0.6 is 0 Å². The number of hydrogen-bond donors (Lipinski definition) is 1. The zero-order valence-corrected chi connectivity index (χ0v) is 11.2. The summed E-state index contributed by atoms with van der Waals surface area (Å²) in [6.45, 7) is 6.58. The fraction of sp³-hybridized carbons (Fsp3) is 0.333. The van der Waals surface area contributed by atoms with Crippen molar-refractivity contribution in [2.45, 2.75) is 33.7 Å². The van der Waals surface area contributed by atoms with E-state index in [1.807, 2.05) is 13.8 Å². The lowest BCUT2D eigenvalue weighted by Gasteiger charge is -2.09. The minimum atomic E-state index is 0.502. The molecule has 0 bridgehead atoms. The van der Waals surface area contributed by atoms with Crippen molar-refractivity contribution in [3.8, 4) is 0 Å². The van der Waals surface area contributed by atoms with Gasteiger partial charge in [-0.2, -0.15) is 0 Å². The van der Waals surface area contributed by atoms with Crippen LogP contribution in [0.2, 0.25) is 0 Å². The molecule has 2 aromatic rings. The van der Waals surface area contributed by atoms with Crippen LogP contribution in [0.1, 0.15) is 33.9 Å². The van der Waals surface area contributed by atoms with Crippen molar-refractivity contribution in [1.82, 2.24) is 9.97 Å². The van der Waals surface area contributed by atoms with E-state index in [1.54, 1.807) is 0 Å². The molecule has 18 heavy (non-hydrogen) atoms. The zero-order valence-electron chi connectivity index (χ0n) is 11.2. The van der Waals surface area contributed by atoms with E-state index in [2.05, 4.69) is 41.2 Å². The highest BCUT2D eigenvalue weighted by atomic mass is 14.9. The van der Waals surface area contributed by atoms with Crippen molar-refractivity contribution in [2.24, 2.45) is 5.73 Å². The number of rotatable bonds is 3. The third-order valence-corrected chi connectivity index (χ3v) is 3.15. The van der Waals surface area contributed by atoms with Crippen molar-refractivity contribution in [1.29, 1.82) is 0 Å². The van der Waals surface area contributed by atoms with Gasteiger partial charge in [-0.25, -0.2) is 9.97 Å².